The van der Waals surface area contributed by atoms with E-state index in [9.17, 15) is 4.79 Å². The molecule has 1 aliphatic heterocycles. The predicted molar refractivity (Wildman–Crippen MR) is 71.5 cm³/mol. The molecule has 0 aromatic carbocycles. The zero-order valence-electron chi connectivity index (χ0n) is 12.4. The van der Waals surface area contributed by atoms with Crippen LogP contribution in [0.15, 0.2) is 0 Å². The van der Waals surface area contributed by atoms with Crippen LogP contribution in [0.3, 0.4) is 0 Å². The van der Waals surface area contributed by atoms with Crippen molar-refractivity contribution in [1.29, 1.82) is 0 Å². The lowest BCUT2D eigenvalue weighted by Crippen LogP contribution is -2.44. The van der Waals surface area contributed by atoms with Crippen LogP contribution in [-0.2, 0) is 4.74 Å². The van der Waals surface area contributed by atoms with E-state index < -0.39 is 5.60 Å². The Balaban J connectivity index is 1.77. The number of nitrogens with zero attached hydrogens (tertiary/aromatic N) is 1. The van der Waals surface area contributed by atoms with Gasteiger partial charge in [0.1, 0.15) is 5.60 Å². The maximum Gasteiger partial charge on any atom is 0.407 e. The molecule has 3 atom stereocenters. The molecule has 0 radical (unpaired) electrons. The highest BCUT2D eigenvalue weighted by Gasteiger charge is 2.58. The van der Waals surface area contributed by atoms with Gasteiger partial charge in [-0.25, -0.2) is 4.79 Å². The van der Waals surface area contributed by atoms with Crippen LogP contribution in [0, 0.1) is 11.8 Å². The van der Waals surface area contributed by atoms with E-state index in [1.165, 1.54) is 0 Å². The molecule has 1 saturated carbocycles. The number of nitrogens with one attached hydrogen (secondary N) is 1. The van der Waals surface area contributed by atoms with Gasteiger partial charge in [0.2, 0.25) is 0 Å². The lowest BCUT2D eigenvalue weighted by atomic mass is 10.1. The maximum absolute atomic E-state index is 11.7. The Bertz CT molecular complexity index is 329. The van der Waals surface area contributed by atoms with Gasteiger partial charge in [0.15, 0.2) is 0 Å². The molecule has 1 amide bonds. The van der Waals surface area contributed by atoms with Gasteiger partial charge < -0.3 is 10.1 Å². The van der Waals surface area contributed by atoms with Crippen molar-refractivity contribution in [3.8, 4) is 0 Å². The first-order valence-corrected chi connectivity index (χ1v) is 6.82. The molecule has 4 nitrogen and oxygen atoms in total. The van der Waals surface area contributed by atoms with Crippen LogP contribution in [0.25, 0.3) is 0 Å². The molecular formula is C14H26N2O2. The molecule has 0 unspecified atom stereocenters. The number of rotatable bonds is 1. The van der Waals surface area contributed by atoms with Gasteiger partial charge in [-0.3, -0.25) is 4.90 Å². The molecule has 1 saturated heterocycles. The van der Waals surface area contributed by atoms with Gasteiger partial charge in [0.05, 0.1) is 0 Å². The molecule has 1 heterocycles. The second kappa shape index (κ2) is 4.12. The largest absolute Gasteiger partial charge is 0.444 e. The third-order valence-electron chi connectivity index (χ3n) is 3.83. The average molecular weight is 254 g/mol. The molecule has 2 rings (SSSR count). The highest BCUT2D eigenvalue weighted by atomic mass is 16.6. The standard InChI is InChI=1S/C14H26N2O2/c1-13(2,3)16-7-9-10(8-16)11(9)15-12(17)18-14(4,5)6/h9-11H,7-8H2,1-6H3,(H,15,17)/t9-,10+,11+. The smallest absolute Gasteiger partial charge is 0.407 e. The molecule has 0 bridgehead atoms. The minimum absolute atomic E-state index is 0.240. The van der Waals surface area contributed by atoms with E-state index in [0.29, 0.717) is 17.9 Å². The first-order valence-electron chi connectivity index (χ1n) is 6.82. The molecule has 2 fully saturated rings. The molecule has 0 spiro atoms. The summed E-state index contributed by atoms with van der Waals surface area (Å²) in [6.07, 6.45) is -0.274. The summed E-state index contributed by atoms with van der Waals surface area (Å²) in [6, 6.07) is 0.332. The minimum Gasteiger partial charge on any atom is -0.444 e. The van der Waals surface area contributed by atoms with Crippen LogP contribution >= 0.6 is 0 Å². The van der Waals surface area contributed by atoms with Gasteiger partial charge in [0.25, 0.3) is 0 Å². The highest BCUT2D eigenvalue weighted by molar-refractivity contribution is 5.68. The summed E-state index contributed by atoms with van der Waals surface area (Å²) in [6.45, 7) is 14.6. The number of fused-ring (bicyclic) bond motifs is 1. The van der Waals surface area contributed by atoms with E-state index in [4.69, 9.17) is 4.74 Å². The average Bonchev–Trinajstić information content (AvgIpc) is 2.59. The Morgan fingerprint density at radius 2 is 1.61 bits per heavy atom. The van der Waals surface area contributed by atoms with Crippen molar-refractivity contribution in [2.24, 2.45) is 11.8 Å². The number of hydrogen-bond donors (Lipinski definition) is 1. The second-order valence-electron chi connectivity index (χ2n) is 7.58. The number of carbonyl (C=O) groups excluding carboxylic acids is 1. The number of amides is 1. The van der Waals surface area contributed by atoms with Crippen LogP contribution in [-0.4, -0.2) is 41.3 Å². The van der Waals surface area contributed by atoms with Gasteiger partial charge in [0, 0.05) is 24.7 Å². The number of piperidine rings is 1. The summed E-state index contributed by atoms with van der Waals surface area (Å²) in [5, 5.41) is 3.00. The van der Waals surface area contributed by atoms with Gasteiger partial charge in [-0.05, 0) is 53.4 Å². The van der Waals surface area contributed by atoms with Crippen LogP contribution in [0.1, 0.15) is 41.5 Å². The van der Waals surface area contributed by atoms with Crippen molar-refractivity contribution in [2.45, 2.75) is 58.7 Å². The molecule has 0 aromatic heterocycles. The fraction of sp³-hybridized carbons (Fsp3) is 0.929. The Hall–Kier alpha value is -0.770. The van der Waals surface area contributed by atoms with Gasteiger partial charge in [-0.1, -0.05) is 0 Å². The third-order valence-corrected chi connectivity index (χ3v) is 3.83. The van der Waals surface area contributed by atoms with Crippen molar-refractivity contribution in [2.75, 3.05) is 13.1 Å². The quantitative estimate of drug-likeness (QED) is 0.780. The zero-order valence-corrected chi connectivity index (χ0v) is 12.4. The zero-order chi connectivity index (χ0) is 13.7. The molecule has 18 heavy (non-hydrogen) atoms. The van der Waals surface area contributed by atoms with E-state index in [-0.39, 0.29) is 11.6 Å². The van der Waals surface area contributed by atoms with E-state index >= 15 is 0 Å². The van der Waals surface area contributed by atoms with Crippen molar-refractivity contribution in [3.63, 3.8) is 0 Å². The lowest BCUT2D eigenvalue weighted by molar-refractivity contribution is 0.0508. The SMILES string of the molecule is CC(C)(C)OC(=O)N[C@H]1[C@@H]2CN(C(C)(C)C)C[C@@H]21. The monoisotopic (exact) mass is 254 g/mol. The first kappa shape index (κ1) is 13.7. The molecule has 4 heteroatoms. The summed E-state index contributed by atoms with van der Waals surface area (Å²) in [5.41, 5.74) is -0.171. The van der Waals surface area contributed by atoms with Crippen molar-refractivity contribution in [1.82, 2.24) is 10.2 Å². The predicted octanol–water partition coefficient (Wildman–Crippen LogP) is 2.24. The summed E-state index contributed by atoms with van der Waals surface area (Å²) in [5.74, 6) is 1.24. The summed E-state index contributed by atoms with van der Waals surface area (Å²) < 4.78 is 5.28. The Morgan fingerprint density at radius 1 is 1.11 bits per heavy atom. The first-order chi connectivity index (χ1) is 8.08. The number of hydrogen-bond acceptors (Lipinski definition) is 3. The van der Waals surface area contributed by atoms with E-state index in [0.717, 1.165) is 13.1 Å². The fourth-order valence-electron chi connectivity index (χ4n) is 2.73. The third kappa shape index (κ3) is 2.97. The molecule has 1 aliphatic carbocycles. The Kier molecular flexibility index (Phi) is 3.13. The minimum atomic E-state index is -0.411. The Labute approximate surface area is 110 Å². The lowest BCUT2D eigenvalue weighted by Gasteiger charge is -2.33. The number of alkyl carbamates (subject to hydrolysis) is 1. The molecule has 1 N–H and O–H groups in total. The van der Waals surface area contributed by atoms with Gasteiger partial charge in [-0.2, -0.15) is 0 Å². The van der Waals surface area contributed by atoms with Gasteiger partial charge >= 0.3 is 6.09 Å². The van der Waals surface area contributed by atoms with Crippen molar-refractivity contribution in [3.05, 3.63) is 0 Å². The van der Waals surface area contributed by atoms with Crippen molar-refractivity contribution < 1.29 is 9.53 Å². The van der Waals surface area contributed by atoms with Crippen LogP contribution in [0.2, 0.25) is 0 Å². The molecule has 2 aliphatic rings. The summed E-state index contributed by atoms with van der Waals surface area (Å²) >= 11 is 0. The van der Waals surface area contributed by atoms with Crippen molar-refractivity contribution >= 4 is 6.09 Å². The van der Waals surface area contributed by atoms with Gasteiger partial charge in [-0.15, -0.1) is 0 Å². The number of carbonyl (C=O) groups is 1. The summed E-state index contributed by atoms with van der Waals surface area (Å²) in [7, 11) is 0. The van der Waals surface area contributed by atoms with E-state index in [1.807, 2.05) is 20.8 Å². The number of ether oxygens (including phenoxy) is 1. The molecule has 0 aromatic rings. The molecule has 104 valence electrons. The Morgan fingerprint density at radius 3 is 2.00 bits per heavy atom. The fourth-order valence-corrected chi connectivity index (χ4v) is 2.73. The molecular weight excluding hydrogens is 228 g/mol. The van der Waals surface area contributed by atoms with Crippen LogP contribution in [0.4, 0.5) is 4.79 Å². The van der Waals surface area contributed by atoms with Crippen LogP contribution in [0.5, 0.6) is 0 Å². The van der Waals surface area contributed by atoms with Crippen LogP contribution < -0.4 is 5.32 Å². The normalized spacial score (nSPS) is 32.0. The van der Waals surface area contributed by atoms with E-state index in [1.54, 1.807) is 0 Å². The maximum atomic E-state index is 11.7. The van der Waals surface area contributed by atoms with E-state index in [2.05, 4.69) is 31.0 Å². The second-order valence-corrected chi connectivity index (χ2v) is 7.58. The highest BCUT2D eigenvalue weighted by Crippen LogP contribution is 2.47. The number of likely N-dealkylation sites (tertiary alicyclic amines) is 1. The summed E-state index contributed by atoms with van der Waals surface area (Å²) in [4.78, 5) is 14.2. The topological polar surface area (TPSA) is 41.6 Å².